The zero-order chi connectivity index (χ0) is 24.9. The third-order valence-electron chi connectivity index (χ3n) is 5.52. The monoisotopic (exact) mass is 564 g/mol. The first-order valence-corrected chi connectivity index (χ1v) is 11.6. The van der Waals surface area contributed by atoms with Gasteiger partial charge in [0, 0.05) is 32.0 Å². The van der Waals surface area contributed by atoms with Gasteiger partial charge in [-0.3, -0.25) is 19.4 Å². The summed E-state index contributed by atoms with van der Waals surface area (Å²) >= 11 is 15.6. The van der Waals surface area contributed by atoms with E-state index in [0.29, 0.717) is 10.5 Å². The van der Waals surface area contributed by atoms with E-state index in [4.69, 9.17) is 23.2 Å². The molecule has 1 heterocycles. The SMILES string of the molecule is CC(C)(C)[C@@H]1N(c2cc(Cl)cc(Cl)c2)C(=O)[C@@](C)(Cc2ccc(Br)cc2)N1C(=O)C(F)(F)F. The van der Waals surface area contributed by atoms with Crippen LogP contribution in [0, 0.1) is 5.41 Å². The van der Waals surface area contributed by atoms with Gasteiger partial charge in [0.05, 0.1) is 0 Å². The molecule has 0 N–H and O–H groups in total. The van der Waals surface area contributed by atoms with Gasteiger partial charge in [-0.15, -0.1) is 0 Å². The van der Waals surface area contributed by atoms with Gasteiger partial charge in [-0.25, -0.2) is 0 Å². The van der Waals surface area contributed by atoms with Gasteiger partial charge in [-0.2, -0.15) is 13.2 Å². The molecule has 2 atom stereocenters. The Balaban J connectivity index is 2.26. The predicted octanol–water partition coefficient (Wildman–Crippen LogP) is 6.87. The van der Waals surface area contributed by atoms with Crippen LogP contribution >= 0.6 is 39.1 Å². The number of alkyl halides is 3. The average molecular weight is 566 g/mol. The Bertz CT molecular complexity index is 1070. The summed E-state index contributed by atoms with van der Waals surface area (Å²) in [6.07, 6.45) is -6.53. The highest BCUT2D eigenvalue weighted by molar-refractivity contribution is 9.10. The van der Waals surface area contributed by atoms with E-state index in [1.165, 1.54) is 30.0 Å². The largest absolute Gasteiger partial charge is 0.471 e. The highest BCUT2D eigenvalue weighted by atomic mass is 79.9. The number of hydrogen-bond acceptors (Lipinski definition) is 2. The van der Waals surface area contributed by atoms with Crippen LogP contribution in [0.2, 0.25) is 10.0 Å². The highest BCUT2D eigenvalue weighted by Gasteiger charge is 2.64. The fourth-order valence-electron chi connectivity index (χ4n) is 4.20. The fourth-order valence-corrected chi connectivity index (χ4v) is 4.98. The molecule has 0 unspecified atom stereocenters. The molecule has 1 saturated heterocycles. The molecule has 0 radical (unpaired) electrons. The minimum absolute atomic E-state index is 0.113. The van der Waals surface area contributed by atoms with E-state index >= 15 is 0 Å². The number of carbonyl (C=O) groups excluding carboxylic acids is 2. The Morgan fingerprint density at radius 2 is 1.58 bits per heavy atom. The molecule has 0 aliphatic carbocycles. The number of amides is 2. The van der Waals surface area contributed by atoms with Gasteiger partial charge in [0.15, 0.2) is 0 Å². The molecule has 2 aromatic carbocycles. The summed E-state index contributed by atoms with van der Waals surface area (Å²) in [6, 6.07) is 11.2. The van der Waals surface area contributed by atoms with Crippen molar-refractivity contribution in [2.24, 2.45) is 5.41 Å². The van der Waals surface area contributed by atoms with Crippen molar-refractivity contribution < 1.29 is 22.8 Å². The Morgan fingerprint density at radius 3 is 2.03 bits per heavy atom. The van der Waals surface area contributed by atoms with Crippen LogP contribution in [-0.4, -0.2) is 34.6 Å². The molecule has 1 aliphatic heterocycles. The minimum atomic E-state index is -5.17. The molecule has 178 valence electrons. The first-order chi connectivity index (χ1) is 15.1. The van der Waals surface area contributed by atoms with Crippen LogP contribution in [0.1, 0.15) is 33.3 Å². The Morgan fingerprint density at radius 1 is 1.06 bits per heavy atom. The van der Waals surface area contributed by atoms with Crippen molar-refractivity contribution in [3.8, 4) is 0 Å². The number of hydrogen-bond donors (Lipinski definition) is 0. The van der Waals surface area contributed by atoms with Crippen molar-refractivity contribution in [3.63, 3.8) is 0 Å². The topological polar surface area (TPSA) is 40.6 Å². The Hall–Kier alpha value is -1.77. The van der Waals surface area contributed by atoms with Crippen LogP contribution < -0.4 is 4.90 Å². The standard InChI is InChI=1S/C23H22BrCl2F3N2O2/c1-21(2,3)18-30(17-10-15(25)9-16(26)11-17)19(32)22(4,31(18)20(33)23(27,28)29)12-13-5-7-14(24)8-6-13/h5-11,18H,12H2,1-4H3/t18-,22-/m1/s1. The second-order valence-electron chi connectivity index (χ2n) is 9.29. The summed E-state index contributed by atoms with van der Waals surface area (Å²) in [6.45, 7) is 6.39. The normalized spacial score (nSPS) is 21.6. The van der Waals surface area contributed by atoms with Gasteiger partial charge in [0.2, 0.25) is 0 Å². The van der Waals surface area contributed by atoms with Crippen molar-refractivity contribution in [2.75, 3.05) is 4.90 Å². The van der Waals surface area contributed by atoms with Crippen molar-refractivity contribution in [2.45, 2.75) is 52.0 Å². The summed E-state index contributed by atoms with van der Waals surface area (Å²) < 4.78 is 42.2. The summed E-state index contributed by atoms with van der Waals surface area (Å²) in [5.41, 5.74) is -1.93. The molecule has 2 aromatic rings. The van der Waals surface area contributed by atoms with Gasteiger partial charge < -0.3 is 0 Å². The Labute approximate surface area is 208 Å². The van der Waals surface area contributed by atoms with Gasteiger partial charge >= 0.3 is 12.1 Å². The molecule has 4 nitrogen and oxygen atoms in total. The minimum Gasteiger partial charge on any atom is -0.299 e. The van der Waals surface area contributed by atoms with Gasteiger partial charge in [0.25, 0.3) is 5.91 Å². The lowest BCUT2D eigenvalue weighted by Gasteiger charge is -2.42. The molecule has 33 heavy (non-hydrogen) atoms. The summed E-state index contributed by atoms with van der Waals surface area (Å²) in [4.78, 5) is 28.6. The quantitative estimate of drug-likeness (QED) is 0.407. The second kappa shape index (κ2) is 8.78. The maximum atomic E-state index is 13.9. The lowest BCUT2D eigenvalue weighted by Crippen LogP contribution is -2.59. The molecule has 0 saturated carbocycles. The van der Waals surface area contributed by atoms with Gasteiger partial charge in [0.1, 0.15) is 11.7 Å². The van der Waals surface area contributed by atoms with Crippen molar-refractivity contribution in [1.82, 2.24) is 4.90 Å². The number of carbonyl (C=O) groups is 2. The zero-order valence-electron chi connectivity index (χ0n) is 18.3. The van der Waals surface area contributed by atoms with E-state index in [0.717, 1.165) is 4.47 Å². The molecular weight excluding hydrogens is 544 g/mol. The second-order valence-corrected chi connectivity index (χ2v) is 11.1. The predicted molar refractivity (Wildman–Crippen MR) is 126 cm³/mol. The van der Waals surface area contributed by atoms with Gasteiger partial charge in [-0.05, 0) is 42.8 Å². The van der Waals surface area contributed by atoms with Gasteiger partial charge in [-0.1, -0.05) is 72.0 Å². The molecule has 0 spiro atoms. The number of nitrogens with zero attached hydrogens (tertiary/aromatic N) is 2. The Kier molecular flexibility index (Phi) is 6.88. The van der Waals surface area contributed by atoms with Crippen LogP contribution in [0.15, 0.2) is 46.9 Å². The molecule has 10 heteroatoms. The van der Waals surface area contributed by atoms with Crippen LogP contribution in [0.3, 0.4) is 0 Å². The molecule has 1 fully saturated rings. The van der Waals surface area contributed by atoms with E-state index in [1.807, 2.05) is 0 Å². The molecule has 3 rings (SSSR count). The number of halogens is 6. The third kappa shape index (κ3) is 5.03. The lowest BCUT2D eigenvalue weighted by atomic mass is 9.87. The van der Waals surface area contributed by atoms with E-state index in [9.17, 15) is 22.8 Å². The maximum Gasteiger partial charge on any atom is 0.471 e. The molecule has 0 bridgehead atoms. The summed E-state index contributed by atoms with van der Waals surface area (Å²) in [5, 5.41) is 0.432. The van der Waals surface area contributed by atoms with E-state index in [-0.39, 0.29) is 22.2 Å². The maximum absolute atomic E-state index is 13.9. The number of rotatable bonds is 3. The van der Waals surface area contributed by atoms with E-state index in [1.54, 1.807) is 45.0 Å². The van der Waals surface area contributed by atoms with Crippen LogP contribution in [-0.2, 0) is 16.0 Å². The number of benzene rings is 2. The van der Waals surface area contributed by atoms with E-state index < -0.39 is 35.1 Å². The number of anilines is 1. The van der Waals surface area contributed by atoms with Crippen molar-refractivity contribution in [1.29, 1.82) is 0 Å². The summed E-state index contributed by atoms with van der Waals surface area (Å²) in [7, 11) is 0. The van der Waals surface area contributed by atoms with E-state index in [2.05, 4.69) is 15.9 Å². The van der Waals surface area contributed by atoms with Crippen LogP contribution in [0.4, 0.5) is 18.9 Å². The lowest BCUT2D eigenvalue weighted by molar-refractivity contribution is -0.194. The molecular formula is C23H22BrCl2F3N2O2. The first kappa shape index (κ1) is 25.8. The molecule has 2 amide bonds. The summed E-state index contributed by atoms with van der Waals surface area (Å²) in [5.74, 6) is -2.73. The van der Waals surface area contributed by atoms with Crippen molar-refractivity contribution in [3.05, 3.63) is 62.5 Å². The van der Waals surface area contributed by atoms with Crippen LogP contribution in [0.25, 0.3) is 0 Å². The molecule has 1 aliphatic rings. The molecule has 0 aromatic heterocycles. The fraction of sp³-hybridized carbons (Fsp3) is 0.391. The first-order valence-electron chi connectivity index (χ1n) is 10.0. The smallest absolute Gasteiger partial charge is 0.299 e. The van der Waals surface area contributed by atoms with Crippen LogP contribution in [0.5, 0.6) is 0 Å². The average Bonchev–Trinajstić information content (AvgIpc) is 2.89. The third-order valence-corrected chi connectivity index (χ3v) is 6.49. The highest BCUT2D eigenvalue weighted by Crippen LogP contribution is 2.46. The zero-order valence-corrected chi connectivity index (χ0v) is 21.4. The van der Waals surface area contributed by atoms with Crippen molar-refractivity contribution >= 4 is 56.6 Å².